The van der Waals surface area contributed by atoms with Crippen LogP contribution in [0.3, 0.4) is 0 Å². The molecule has 1 N–H and O–H groups in total. The molecule has 3 fully saturated rings. The molecule has 3 saturated heterocycles. The number of hydrogen-bond acceptors (Lipinski definition) is 4. The van der Waals surface area contributed by atoms with Gasteiger partial charge in [0.1, 0.15) is 5.82 Å². The second-order valence-corrected chi connectivity index (χ2v) is 11.4. The number of aliphatic hydroxyl groups excluding tert-OH is 1. The lowest BCUT2D eigenvalue weighted by molar-refractivity contribution is -0.143. The minimum absolute atomic E-state index is 0.00835. The van der Waals surface area contributed by atoms with Gasteiger partial charge in [0.05, 0.1) is 29.4 Å². The van der Waals surface area contributed by atoms with Gasteiger partial charge >= 0.3 is 12.4 Å². The number of amides is 1. The molecular weight excluding hydrogens is 557 g/mol. The first-order valence-electron chi connectivity index (χ1n) is 13.6. The van der Waals surface area contributed by atoms with Crippen LogP contribution >= 0.6 is 0 Å². The molecular formula is C29H31F7N2O3. The Labute approximate surface area is 232 Å². The quantitative estimate of drug-likeness (QED) is 0.435. The van der Waals surface area contributed by atoms with Crippen LogP contribution in [-0.2, 0) is 21.9 Å². The number of aliphatic hydroxyl groups is 1. The summed E-state index contributed by atoms with van der Waals surface area (Å²) < 4.78 is 101. The standard InChI is InChI=1S/C29H31F7N2O3/c1-16(19-10-20(28(31,32)33)12-21(11-19)29(34,35)36)41-25-15-38-24(27(25)18-2-4-22(30)5-3-18)8-17(9-26(38)40)13-37-7-6-23(39)14-37/h2-5,10-12,16-17,23-25,27,39H,6-9,13-15H2,1H3/t16-,17?,23-,24?,25+,27?/m1/s1. The van der Waals surface area contributed by atoms with Crippen molar-refractivity contribution >= 4 is 5.91 Å². The number of benzene rings is 2. The molecule has 3 aliphatic rings. The largest absolute Gasteiger partial charge is 0.416 e. The number of rotatable bonds is 6. The minimum atomic E-state index is -4.99. The number of alkyl halides is 6. The lowest BCUT2D eigenvalue weighted by atomic mass is 9.81. The van der Waals surface area contributed by atoms with Crippen molar-refractivity contribution < 1.29 is 45.4 Å². The van der Waals surface area contributed by atoms with Gasteiger partial charge in [-0.3, -0.25) is 4.79 Å². The molecule has 0 saturated carbocycles. The average Bonchev–Trinajstić information content (AvgIpc) is 3.46. The van der Waals surface area contributed by atoms with Crippen molar-refractivity contribution in [2.45, 2.75) is 68.8 Å². The normalized spacial score (nSPS) is 28.3. The maximum atomic E-state index is 13.8. The van der Waals surface area contributed by atoms with E-state index in [0.717, 1.165) is 6.54 Å². The third kappa shape index (κ3) is 6.54. The molecule has 6 atom stereocenters. The van der Waals surface area contributed by atoms with E-state index in [4.69, 9.17) is 4.74 Å². The number of carbonyl (C=O) groups is 1. The van der Waals surface area contributed by atoms with Gasteiger partial charge in [-0.05, 0) is 67.1 Å². The van der Waals surface area contributed by atoms with E-state index in [2.05, 4.69) is 4.90 Å². The topological polar surface area (TPSA) is 53.0 Å². The molecule has 3 unspecified atom stereocenters. The zero-order chi connectivity index (χ0) is 29.7. The Balaban J connectivity index is 1.43. The molecule has 2 aromatic rings. The van der Waals surface area contributed by atoms with Gasteiger partial charge in [-0.1, -0.05) is 12.1 Å². The van der Waals surface area contributed by atoms with E-state index in [1.807, 2.05) is 0 Å². The molecule has 41 heavy (non-hydrogen) atoms. The molecule has 5 rings (SSSR count). The van der Waals surface area contributed by atoms with Crippen molar-refractivity contribution in [2.75, 3.05) is 26.2 Å². The van der Waals surface area contributed by atoms with Crippen LogP contribution in [0.1, 0.15) is 60.5 Å². The van der Waals surface area contributed by atoms with Crippen molar-refractivity contribution in [2.24, 2.45) is 5.92 Å². The van der Waals surface area contributed by atoms with Gasteiger partial charge in [-0.2, -0.15) is 26.3 Å². The van der Waals surface area contributed by atoms with Crippen LogP contribution in [0.15, 0.2) is 42.5 Å². The molecule has 224 valence electrons. The number of fused-ring (bicyclic) bond motifs is 1. The highest BCUT2D eigenvalue weighted by Crippen LogP contribution is 2.45. The second kappa shape index (κ2) is 11.2. The third-order valence-corrected chi connectivity index (χ3v) is 8.43. The van der Waals surface area contributed by atoms with Crippen LogP contribution in [-0.4, -0.2) is 65.2 Å². The summed E-state index contributed by atoms with van der Waals surface area (Å²) in [5, 5.41) is 9.89. The van der Waals surface area contributed by atoms with E-state index in [1.165, 1.54) is 19.1 Å². The minimum Gasteiger partial charge on any atom is -0.392 e. The fourth-order valence-electron chi connectivity index (χ4n) is 6.52. The lowest BCUT2D eigenvalue weighted by Gasteiger charge is -2.38. The van der Waals surface area contributed by atoms with Crippen molar-refractivity contribution in [3.8, 4) is 0 Å². The molecule has 12 heteroatoms. The van der Waals surface area contributed by atoms with Gasteiger partial charge in [0.15, 0.2) is 0 Å². The van der Waals surface area contributed by atoms with Crippen LogP contribution in [0.4, 0.5) is 30.7 Å². The summed E-state index contributed by atoms with van der Waals surface area (Å²) in [4.78, 5) is 17.0. The highest BCUT2D eigenvalue weighted by atomic mass is 19.4. The maximum Gasteiger partial charge on any atom is 0.416 e. The van der Waals surface area contributed by atoms with E-state index >= 15 is 0 Å². The predicted molar refractivity (Wildman–Crippen MR) is 134 cm³/mol. The van der Waals surface area contributed by atoms with Gasteiger partial charge < -0.3 is 19.6 Å². The van der Waals surface area contributed by atoms with Gasteiger partial charge in [0.25, 0.3) is 0 Å². The van der Waals surface area contributed by atoms with Gasteiger partial charge in [-0.25, -0.2) is 4.39 Å². The lowest BCUT2D eigenvalue weighted by Crippen LogP contribution is -2.46. The molecule has 5 nitrogen and oxygen atoms in total. The van der Waals surface area contributed by atoms with Crippen molar-refractivity contribution in [3.63, 3.8) is 0 Å². The van der Waals surface area contributed by atoms with E-state index in [9.17, 15) is 40.6 Å². The second-order valence-electron chi connectivity index (χ2n) is 11.4. The Hall–Kier alpha value is -2.70. The molecule has 2 aromatic carbocycles. The highest BCUT2D eigenvalue weighted by Gasteiger charge is 2.49. The molecule has 0 bridgehead atoms. The number of carbonyl (C=O) groups excluding carboxylic acids is 1. The van der Waals surface area contributed by atoms with E-state index < -0.39 is 53.5 Å². The molecule has 0 aliphatic carbocycles. The van der Waals surface area contributed by atoms with Crippen LogP contribution in [0.2, 0.25) is 0 Å². The Bertz CT molecular complexity index is 1220. The zero-order valence-corrected chi connectivity index (χ0v) is 22.3. The maximum absolute atomic E-state index is 13.8. The van der Waals surface area contributed by atoms with E-state index in [0.29, 0.717) is 43.6 Å². The zero-order valence-electron chi connectivity index (χ0n) is 22.3. The van der Waals surface area contributed by atoms with Crippen LogP contribution in [0.5, 0.6) is 0 Å². The Morgan fingerprint density at radius 3 is 2.20 bits per heavy atom. The number of hydrogen-bond donors (Lipinski definition) is 1. The SMILES string of the molecule is C[C@@H](O[C@H]1CN2C(=O)CC(CN3CC[C@@H](O)C3)CC2C1c1ccc(F)cc1)c1cc(C(F)(F)F)cc(C(F)(F)F)c1. The van der Waals surface area contributed by atoms with Crippen molar-refractivity contribution in [3.05, 3.63) is 70.5 Å². The summed E-state index contributed by atoms with van der Waals surface area (Å²) >= 11 is 0. The molecule has 0 radical (unpaired) electrons. The van der Waals surface area contributed by atoms with Crippen molar-refractivity contribution in [1.82, 2.24) is 9.80 Å². The summed E-state index contributed by atoms with van der Waals surface area (Å²) in [6, 6.07) is 6.72. The molecule has 3 heterocycles. The third-order valence-electron chi connectivity index (χ3n) is 8.43. The summed E-state index contributed by atoms with van der Waals surface area (Å²) in [5.41, 5.74) is -2.48. The van der Waals surface area contributed by atoms with Gasteiger partial charge in [0, 0.05) is 44.6 Å². The monoisotopic (exact) mass is 588 g/mol. The van der Waals surface area contributed by atoms with E-state index in [1.54, 1.807) is 17.0 Å². The smallest absolute Gasteiger partial charge is 0.392 e. The fourth-order valence-corrected chi connectivity index (χ4v) is 6.52. The van der Waals surface area contributed by atoms with Crippen LogP contribution in [0.25, 0.3) is 0 Å². The van der Waals surface area contributed by atoms with Crippen LogP contribution < -0.4 is 0 Å². The Kier molecular flexibility index (Phi) is 8.12. The first-order chi connectivity index (χ1) is 19.2. The predicted octanol–water partition coefficient (Wildman–Crippen LogP) is 5.78. The summed E-state index contributed by atoms with van der Waals surface area (Å²) in [6.07, 6.45) is -10.8. The molecule has 0 spiro atoms. The number of likely N-dealkylation sites (tertiary alicyclic amines) is 1. The summed E-state index contributed by atoms with van der Waals surface area (Å²) in [5.74, 6) is -1.06. The number of nitrogens with zero attached hydrogens (tertiary/aromatic N) is 2. The number of halogens is 7. The van der Waals surface area contributed by atoms with E-state index in [-0.39, 0.29) is 42.5 Å². The first-order valence-corrected chi connectivity index (χ1v) is 13.6. The Morgan fingerprint density at radius 1 is 1.00 bits per heavy atom. The average molecular weight is 589 g/mol. The van der Waals surface area contributed by atoms with Gasteiger partial charge in [-0.15, -0.1) is 0 Å². The number of ether oxygens (including phenoxy) is 1. The Morgan fingerprint density at radius 2 is 1.63 bits per heavy atom. The molecule has 0 aromatic heterocycles. The van der Waals surface area contributed by atoms with Gasteiger partial charge in [0.2, 0.25) is 5.91 Å². The summed E-state index contributed by atoms with van der Waals surface area (Å²) in [6.45, 7) is 3.37. The number of piperidine rings is 1. The highest BCUT2D eigenvalue weighted by molar-refractivity contribution is 5.78. The number of β-amino-alcohol motifs (C(OH)–C–C–N with tert-alkyl or cyclic N) is 1. The van der Waals surface area contributed by atoms with Crippen LogP contribution in [0, 0.1) is 11.7 Å². The van der Waals surface area contributed by atoms with Crippen molar-refractivity contribution in [1.29, 1.82) is 0 Å². The fraction of sp³-hybridized carbons (Fsp3) is 0.552. The molecule has 3 aliphatic heterocycles. The first kappa shape index (κ1) is 29.8. The molecule has 1 amide bonds. The summed E-state index contributed by atoms with van der Waals surface area (Å²) in [7, 11) is 0.